The van der Waals surface area contributed by atoms with Gasteiger partial charge in [0.25, 0.3) is 0 Å². The van der Waals surface area contributed by atoms with Crippen LogP contribution in [-0.2, 0) is 14.3 Å². The zero-order valence-electron chi connectivity index (χ0n) is 9.66. The topological polar surface area (TPSA) is 46.6 Å². The van der Waals surface area contributed by atoms with Gasteiger partial charge in [-0.1, -0.05) is 0 Å². The first-order valence-corrected chi connectivity index (χ1v) is 5.38. The van der Waals surface area contributed by atoms with Crippen molar-refractivity contribution in [2.24, 2.45) is 5.92 Å². The molecule has 1 rings (SSSR count). The molecular formula is C11H19NO3. The lowest BCUT2D eigenvalue weighted by atomic mass is 9.93. The highest BCUT2D eigenvalue weighted by molar-refractivity contribution is 5.78. The molecule has 1 atom stereocenters. The van der Waals surface area contributed by atoms with E-state index in [0.717, 1.165) is 25.9 Å². The molecule has 1 fully saturated rings. The summed E-state index contributed by atoms with van der Waals surface area (Å²) in [7, 11) is 1.40. The first-order valence-electron chi connectivity index (χ1n) is 5.38. The largest absolute Gasteiger partial charge is 0.468 e. The number of carbonyl (C=O) groups is 2. The van der Waals surface area contributed by atoms with Crippen LogP contribution in [0.2, 0.25) is 0 Å². The highest BCUT2D eigenvalue weighted by atomic mass is 16.5. The van der Waals surface area contributed by atoms with Crippen molar-refractivity contribution in [1.29, 1.82) is 0 Å². The molecule has 1 aliphatic rings. The monoisotopic (exact) mass is 213 g/mol. The maximum absolute atomic E-state index is 11.3. The fourth-order valence-corrected chi connectivity index (χ4v) is 2.01. The molecule has 86 valence electrons. The van der Waals surface area contributed by atoms with Crippen molar-refractivity contribution >= 4 is 11.8 Å². The first-order chi connectivity index (χ1) is 7.06. The Bertz CT molecular complexity index is 244. The molecule has 4 nitrogen and oxygen atoms in total. The Labute approximate surface area is 90.6 Å². The molecule has 1 aliphatic heterocycles. The van der Waals surface area contributed by atoms with E-state index in [2.05, 4.69) is 4.90 Å². The maximum Gasteiger partial charge on any atom is 0.322 e. The number of piperidine rings is 1. The van der Waals surface area contributed by atoms with Crippen LogP contribution in [-0.4, -0.2) is 42.9 Å². The molecule has 1 saturated heterocycles. The van der Waals surface area contributed by atoms with Gasteiger partial charge >= 0.3 is 5.97 Å². The molecule has 0 N–H and O–H groups in total. The summed E-state index contributed by atoms with van der Waals surface area (Å²) in [5.41, 5.74) is 0. The minimum absolute atomic E-state index is 0.186. The summed E-state index contributed by atoms with van der Waals surface area (Å²) in [5, 5.41) is 0. The van der Waals surface area contributed by atoms with E-state index in [-0.39, 0.29) is 23.7 Å². The summed E-state index contributed by atoms with van der Waals surface area (Å²) in [6, 6.07) is -0.192. The number of nitrogens with zero attached hydrogens (tertiary/aromatic N) is 1. The fraction of sp³-hybridized carbons (Fsp3) is 0.818. The lowest BCUT2D eigenvalue weighted by Crippen LogP contribution is -2.45. The van der Waals surface area contributed by atoms with Crippen molar-refractivity contribution in [2.75, 3.05) is 20.2 Å². The van der Waals surface area contributed by atoms with Crippen molar-refractivity contribution in [3.05, 3.63) is 0 Å². The molecule has 0 spiro atoms. The second-order valence-electron chi connectivity index (χ2n) is 4.12. The lowest BCUT2D eigenvalue weighted by Gasteiger charge is -2.33. The van der Waals surface area contributed by atoms with Gasteiger partial charge in [0.05, 0.1) is 7.11 Å². The summed E-state index contributed by atoms with van der Waals surface area (Å²) < 4.78 is 4.69. The van der Waals surface area contributed by atoms with E-state index in [1.807, 2.05) is 6.92 Å². The Hall–Kier alpha value is -0.900. The fourth-order valence-electron chi connectivity index (χ4n) is 2.01. The van der Waals surface area contributed by atoms with Crippen LogP contribution >= 0.6 is 0 Å². The molecule has 15 heavy (non-hydrogen) atoms. The van der Waals surface area contributed by atoms with E-state index >= 15 is 0 Å². The molecule has 0 aromatic heterocycles. The molecule has 0 aliphatic carbocycles. The number of esters is 1. The standard InChI is InChI=1S/C11H19NO3/c1-8(11(14)15-3)12-6-4-10(5-7-12)9(2)13/h8,10H,4-7H2,1-3H3. The number of Topliss-reactive ketones (excluding diaryl/α,β-unsaturated/α-hetero) is 1. The van der Waals surface area contributed by atoms with Gasteiger partial charge in [-0.15, -0.1) is 0 Å². The zero-order chi connectivity index (χ0) is 11.4. The number of rotatable bonds is 3. The molecule has 1 unspecified atom stereocenters. The van der Waals surface area contributed by atoms with Crippen LogP contribution in [0.15, 0.2) is 0 Å². The van der Waals surface area contributed by atoms with Gasteiger partial charge in [0.1, 0.15) is 11.8 Å². The number of hydrogen-bond acceptors (Lipinski definition) is 4. The summed E-state index contributed by atoms with van der Waals surface area (Å²) in [4.78, 5) is 24.5. The second-order valence-corrected chi connectivity index (χ2v) is 4.12. The Morgan fingerprint density at radius 2 is 1.87 bits per heavy atom. The predicted molar refractivity (Wildman–Crippen MR) is 56.5 cm³/mol. The number of methoxy groups -OCH3 is 1. The van der Waals surface area contributed by atoms with Crippen LogP contribution in [0.4, 0.5) is 0 Å². The Kier molecular flexibility index (Phi) is 4.27. The van der Waals surface area contributed by atoms with E-state index < -0.39 is 0 Å². The van der Waals surface area contributed by atoms with Crippen molar-refractivity contribution in [2.45, 2.75) is 32.7 Å². The third-order valence-corrected chi connectivity index (χ3v) is 3.19. The first kappa shape index (κ1) is 12.2. The van der Waals surface area contributed by atoms with Crippen LogP contribution in [0.25, 0.3) is 0 Å². The van der Waals surface area contributed by atoms with Crippen molar-refractivity contribution in [3.63, 3.8) is 0 Å². The smallest absolute Gasteiger partial charge is 0.322 e. The number of ether oxygens (including phenoxy) is 1. The average molecular weight is 213 g/mol. The Morgan fingerprint density at radius 3 is 2.27 bits per heavy atom. The molecule has 4 heteroatoms. The number of likely N-dealkylation sites (tertiary alicyclic amines) is 1. The highest BCUT2D eigenvalue weighted by Gasteiger charge is 2.28. The molecule has 0 amide bonds. The SMILES string of the molecule is COC(=O)C(C)N1CCC(C(C)=O)CC1. The lowest BCUT2D eigenvalue weighted by molar-refractivity contribution is -0.146. The van der Waals surface area contributed by atoms with Crippen molar-refractivity contribution < 1.29 is 14.3 Å². The maximum atomic E-state index is 11.3. The van der Waals surface area contributed by atoms with Gasteiger partial charge in [0.2, 0.25) is 0 Å². The normalized spacial score (nSPS) is 21.0. The molecule has 0 aromatic carbocycles. The molecule has 0 radical (unpaired) electrons. The van der Waals surface area contributed by atoms with E-state index in [4.69, 9.17) is 4.74 Å². The van der Waals surface area contributed by atoms with Crippen LogP contribution < -0.4 is 0 Å². The Morgan fingerprint density at radius 1 is 1.33 bits per heavy atom. The minimum atomic E-state index is -0.198. The molecule has 1 heterocycles. The Balaban J connectivity index is 2.43. The summed E-state index contributed by atoms with van der Waals surface area (Å²) in [5.74, 6) is 0.253. The number of carbonyl (C=O) groups excluding carboxylic acids is 2. The van der Waals surface area contributed by atoms with Crippen molar-refractivity contribution in [3.8, 4) is 0 Å². The van der Waals surface area contributed by atoms with Crippen LogP contribution in [0.5, 0.6) is 0 Å². The van der Waals surface area contributed by atoms with E-state index in [0.29, 0.717) is 0 Å². The van der Waals surface area contributed by atoms with Gasteiger partial charge in [-0.25, -0.2) is 0 Å². The van der Waals surface area contributed by atoms with Gasteiger partial charge in [-0.05, 0) is 39.8 Å². The van der Waals surface area contributed by atoms with Crippen LogP contribution in [0.3, 0.4) is 0 Å². The van der Waals surface area contributed by atoms with Crippen molar-refractivity contribution in [1.82, 2.24) is 4.90 Å². The van der Waals surface area contributed by atoms with Crippen LogP contribution in [0.1, 0.15) is 26.7 Å². The number of ketones is 1. The highest BCUT2D eigenvalue weighted by Crippen LogP contribution is 2.19. The molecule has 0 bridgehead atoms. The van der Waals surface area contributed by atoms with Gasteiger partial charge < -0.3 is 4.74 Å². The summed E-state index contributed by atoms with van der Waals surface area (Å²) in [6.45, 7) is 5.10. The zero-order valence-corrected chi connectivity index (χ0v) is 9.66. The molecular weight excluding hydrogens is 194 g/mol. The summed E-state index contributed by atoms with van der Waals surface area (Å²) in [6.07, 6.45) is 1.72. The predicted octanol–water partition coefficient (Wildman–Crippen LogP) is 0.849. The molecule has 0 saturated carbocycles. The quantitative estimate of drug-likeness (QED) is 0.652. The van der Waals surface area contributed by atoms with Gasteiger partial charge in [-0.2, -0.15) is 0 Å². The second kappa shape index (κ2) is 5.26. The van der Waals surface area contributed by atoms with E-state index in [1.165, 1.54) is 7.11 Å². The average Bonchev–Trinajstić information content (AvgIpc) is 2.27. The van der Waals surface area contributed by atoms with Gasteiger partial charge in [0.15, 0.2) is 0 Å². The van der Waals surface area contributed by atoms with Gasteiger partial charge in [-0.3, -0.25) is 14.5 Å². The van der Waals surface area contributed by atoms with Gasteiger partial charge in [0, 0.05) is 5.92 Å². The number of hydrogen-bond donors (Lipinski definition) is 0. The minimum Gasteiger partial charge on any atom is -0.468 e. The van der Waals surface area contributed by atoms with E-state index in [9.17, 15) is 9.59 Å². The van der Waals surface area contributed by atoms with Crippen LogP contribution in [0, 0.1) is 5.92 Å². The van der Waals surface area contributed by atoms with E-state index in [1.54, 1.807) is 6.92 Å². The summed E-state index contributed by atoms with van der Waals surface area (Å²) >= 11 is 0. The third kappa shape index (κ3) is 3.02. The molecule has 0 aromatic rings. The third-order valence-electron chi connectivity index (χ3n) is 3.19.